The van der Waals surface area contributed by atoms with Crippen molar-refractivity contribution >= 4 is 27.2 Å². The van der Waals surface area contributed by atoms with Crippen molar-refractivity contribution in [2.45, 2.75) is 18.1 Å². The van der Waals surface area contributed by atoms with Crippen LogP contribution in [0.15, 0.2) is 40.2 Å². The number of aromatic nitrogens is 4. The molecule has 0 aromatic carbocycles. The molecule has 0 saturated carbocycles. The first-order valence-corrected chi connectivity index (χ1v) is 8.74. The maximum atomic E-state index is 12.2. The molecule has 3 rings (SSSR count). The van der Waals surface area contributed by atoms with E-state index in [1.807, 2.05) is 19.9 Å². The fourth-order valence-corrected chi connectivity index (χ4v) is 3.98. The number of hydrogen-bond acceptors (Lipinski definition) is 6. The highest BCUT2D eigenvalue weighted by atomic mass is 32.2. The van der Waals surface area contributed by atoms with Gasteiger partial charge in [0.25, 0.3) is 10.0 Å². The molecule has 1 N–H and O–H groups in total. The van der Waals surface area contributed by atoms with Gasteiger partial charge in [-0.1, -0.05) is 6.07 Å². The summed E-state index contributed by atoms with van der Waals surface area (Å²) in [6.07, 6.45) is 1.30. The third-order valence-electron chi connectivity index (χ3n) is 2.88. The molecule has 0 spiro atoms. The Bertz CT molecular complexity index is 900. The van der Waals surface area contributed by atoms with E-state index >= 15 is 0 Å². The van der Waals surface area contributed by atoms with Gasteiger partial charge >= 0.3 is 0 Å². The Kier molecular flexibility index (Phi) is 3.67. The van der Waals surface area contributed by atoms with Crippen molar-refractivity contribution < 1.29 is 8.42 Å². The van der Waals surface area contributed by atoms with Gasteiger partial charge in [-0.25, -0.2) is 23.1 Å². The lowest BCUT2D eigenvalue weighted by Gasteiger charge is -2.07. The molecule has 114 valence electrons. The maximum absolute atomic E-state index is 12.2. The molecular weight excluding hydrogens is 322 g/mol. The molecule has 3 heterocycles. The normalized spacial score (nSPS) is 11.5. The number of rotatable bonds is 4. The van der Waals surface area contributed by atoms with Gasteiger partial charge in [-0.05, 0) is 31.4 Å². The highest BCUT2D eigenvalue weighted by Crippen LogP contribution is 2.20. The van der Waals surface area contributed by atoms with Gasteiger partial charge in [-0.3, -0.25) is 4.72 Å². The van der Waals surface area contributed by atoms with Crippen LogP contribution >= 0.6 is 11.3 Å². The SMILES string of the molecule is Cc1cc(C)n(-c2cc(NS(=O)(=O)c3cccs3)ncn2)n1. The van der Waals surface area contributed by atoms with Crippen molar-refractivity contribution in [3.8, 4) is 5.82 Å². The van der Waals surface area contributed by atoms with Crippen molar-refractivity contribution in [1.29, 1.82) is 0 Å². The molecule has 0 fully saturated rings. The Morgan fingerprint density at radius 2 is 2.05 bits per heavy atom. The lowest BCUT2D eigenvalue weighted by atomic mass is 10.4. The largest absolute Gasteiger partial charge is 0.272 e. The van der Waals surface area contributed by atoms with Crippen LogP contribution in [0, 0.1) is 13.8 Å². The summed E-state index contributed by atoms with van der Waals surface area (Å²) in [5, 5.41) is 6.02. The summed E-state index contributed by atoms with van der Waals surface area (Å²) in [6.45, 7) is 3.78. The zero-order valence-electron chi connectivity index (χ0n) is 11.9. The number of nitrogens with zero attached hydrogens (tertiary/aromatic N) is 4. The van der Waals surface area contributed by atoms with E-state index in [9.17, 15) is 8.42 Å². The summed E-state index contributed by atoms with van der Waals surface area (Å²) in [5.74, 6) is 0.704. The predicted octanol–water partition coefficient (Wildman–Crippen LogP) is 2.14. The van der Waals surface area contributed by atoms with Gasteiger partial charge in [0.05, 0.1) is 5.69 Å². The first-order chi connectivity index (χ1) is 10.5. The van der Waals surface area contributed by atoms with Gasteiger partial charge in [0.1, 0.15) is 16.4 Å². The smallest absolute Gasteiger partial charge is 0.263 e. The number of anilines is 1. The monoisotopic (exact) mass is 335 g/mol. The van der Waals surface area contributed by atoms with E-state index in [0.29, 0.717) is 5.82 Å². The van der Waals surface area contributed by atoms with Crippen LogP contribution in [0.3, 0.4) is 0 Å². The van der Waals surface area contributed by atoms with Crippen LogP contribution in [0.1, 0.15) is 11.4 Å². The van der Waals surface area contributed by atoms with E-state index in [4.69, 9.17) is 0 Å². The molecule has 0 aliphatic heterocycles. The molecule has 0 atom stereocenters. The fraction of sp³-hybridized carbons (Fsp3) is 0.154. The number of hydrogen-bond donors (Lipinski definition) is 1. The zero-order chi connectivity index (χ0) is 15.7. The van der Waals surface area contributed by atoms with E-state index in [0.717, 1.165) is 22.7 Å². The Morgan fingerprint density at radius 1 is 1.23 bits per heavy atom. The van der Waals surface area contributed by atoms with Crippen LogP contribution in [-0.4, -0.2) is 28.2 Å². The van der Waals surface area contributed by atoms with Gasteiger partial charge in [0.2, 0.25) is 0 Å². The van der Waals surface area contributed by atoms with E-state index in [1.165, 1.54) is 12.4 Å². The van der Waals surface area contributed by atoms with Crippen molar-refractivity contribution in [3.63, 3.8) is 0 Å². The standard InChI is InChI=1S/C13H13N5O2S2/c1-9-6-10(2)18(16-9)12-7-11(14-8-15-12)17-22(19,20)13-4-3-5-21-13/h3-8H,1-2H3,(H,14,15,17). The third kappa shape index (κ3) is 2.85. The van der Waals surface area contributed by atoms with Crippen LogP contribution in [-0.2, 0) is 10.0 Å². The summed E-state index contributed by atoms with van der Waals surface area (Å²) in [7, 11) is -3.63. The molecule has 22 heavy (non-hydrogen) atoms. The molecule has 9 heteroatoms. The van der Waals surface area contributed by atoms with E-state index in [-0.39, 0.29) is 10.0 Å². The topological polar surface area (TPSA) is 89.8 Å². The molecule has 0 amide bonds. The quantitative estimate of drug-likeness (QED) is 0.789. The molecule has 0 aliphatic rings. The summed E-state index contributed by atoms with van der Waals surface area (Å²) < 4.78 is 28.7. The first kappa shape index (κ1) is 14.7. The highest BCUT2D eigenvalue weighted by Gasteiger charge is 2.16. The molecular formula is C13H13N5O2S2. The number of thiophene rings is 1. The van der Waals surface area contributed by atoms with Crippen LogP contribution in [0.2, 0.25) is 0 Å². The van der Waals surface area contributed by atoms with E-state index in [2.05, 4.69) is 19.8 Å². The second-order valence-electron chi connectivity index (χ2n) is 4.64. The highest BCUT2D eigenvalue weighted by molar-refractivity contribution is 7.94. The summed E-state index contributed by atoms with van der Waals surface area (Å²) >= 11 is 1.14. The minimum Gasteiger partial charge on any atom is -0.263 e. The minimum absolute atomic E-state index is 0.200. The second-order valence-corrected chi connectivity index (χ2v) is 7.49. The van der Waals surface area contributed by atoms with Gasteiger partial charge in [-0.2, -0.15) is 5.10 Å². The third-order valence-corrected chi connectivity index (χ3v) is 5.63. The van der Waals surface area contributed by atoms with Crippen molar-refractivity contribution in [2.24, 2.45) is 0 Å². The molecule has 7 nitrogen and oxygen atoms in total. The van der Waals surface area contributed by atoms with Crippen LogP contribution in [0.4, 0.5) is 5.82 Å². The van der Waals surface area contributed by atoms with Crippen molar-refractivity contribution in [2.75, 3.05) is 4.72 Å². The average molecular weight is 335 g/mol. The molecule has 3 aromatic heterocycles. The van der Waals surface area contributed by atoms with Gasteiger partial charge in [0.15, 0.2) is 5.82 Å². The van der Waals surface area contributed by atoms with Crippen LogP contribution < -0.4 is 4.72 Å². The average Bonchev–Trinajstić information content (AvgIpc) is 3.08. The van der Waals surface area contributed by atoms with Crippen molar-refractivity contribution in [1.82, 2.24) is 19.7 Å². The Morgan fingerprint density at radius 3 is 2.68 bits per heavy atom. The van der Waals surface area contributed by atoms with E-state index < -0.39 is 10.0 Å². The van der Waals surface area contributed by atoms with Crippen LogP contribution in [0.25, 0.3) is 5.82 Å². The van der Waals surface area contributed by atoms with Crippen molar-refractivity contribution in [3.05, 3.63) is 47.4 Å². The van der Waals surface area contributed by atoms with E-state index in [1.54, 1.807) is 22.2 Å². The summed E-state index contributed by atoms with van der Waals surface area (Å²) in [5.41, 5.74) is 1.76. The molecule has 0 aliphatic carbocycles. The summed E-state index contributed by atoms with van der Waals surface area (Å²) in [4.78, 5) is 8.09. The number of aryl methyl sites for hydroxylation is 2. The fourth-order valence-electron chi connectivity index (χ4n) is 1.98. The van der Waals surface area contributed by atoms with Gasteiger partial charge in [-0.15, -0.1) is 11.3 Å². The van der Waals surface area contributed by atoms with Gasteiger partial charge < -0.3 is 0 Å². The van der Waals surface area contributed by atoms with Crippen LogP contribution in [0.5, 0.6) is 0 Å². The lowest BCUT2D eigenvalue weighted by molar-refractivity contribution is 0.603. The Balaban J connectivity index is 1.94. The Labute approximate surface area is 131 Å². The molecule has 0 saturated heterocycles. The van der Waals surface area contributed by atoms with Gasteiger partial charge in [0, 0.05) is 11.8 Å². The molecule has 0 unspecified atom stereocenters. The molecule has 3 aromatic rings. The minimum atomic E-state index is -3.63. The second kappa shape index (κ2) is 5.50. The lowest BCUT2D eigenvalue weighted by Crippen LogP contribution is -2.13. The first-order valence-electron chi connectivity index (χ1n) is 6.38. The molecule has 0 bridgehead atoms. The maximum Gasteiger partial charge on any atom is 0.272 e. The predicted molar refractivity (Wildman–Crippen MR) is 83.8 cm³/mol. The summed E-state index contributed by atoms with van der Waals surface area (Å²) in [6, 6.07) is 6.68. The number of nitrogens with one attached hydrogen (secondary N) is 1. The number of sulfonamides is 1. The molecule has 0 radical (unpaired) electrons. The Hall–Kier alpha value is -2.26. The zero-order valence-corrected chi connectivity index (χ0v) is 13.5.